The van der Waals surface area contributed by atoms with Crippen molar-refractivity contribution in [3.63, 3.8) is 0 Å². The zero-order chi connectivity index (χ0) is 35.8. The number of piperidine rings is 1. The van der Waals surface area contributed by atoms with Crippen LogP contribution in [0, 0.1) is 0 Å². The van der Waals surface area contributed by atoms with E-state index in [2.05, 4.69) is 62.5 Å². The van der Waals surface area contributed by atoms with E-state index in [4.69, 9.17) is 30.2 Å². The molecule has 50 heavy (non-hydrogen) atoms. The summed E-state index contributed by atoms with van der Waals surface area (Å²) in [6.45, 7) is 11.4. The van der Waals surface area contributed by atoms with E-state index in [1.807, 2.05) is 48.5 Å². The fourth-order valence-electron chi connectivity index (χ4n) is 6.93. The third-order valence-corrected chi connectivity index (χ3v) is 15.8. The van der Waals surface area contributed by atoms with Crippen molar-refractivity contribution in [1.29, 1.82) is 0 Å². The first-order valence-corrected chi connectivity index (χ1v) is 20.9. The van der Waals surface area contributed by atoms with E-state index in [1.54, 1.807) is 13.2 Å². The summed E-state index contributed by atoms with van der Waals surface area (Å²) in [5, 5.41) is 6.49. The number of methoxy groups -OCH3 is 1. The lowest BCUT2D eigenvalue weighted by molar-refractivity contribution is -0.116. The fraction of sp³-hybridized carbons (Fsp3) is 0.487. The van der Waals surface area contributed by atoms with Gasteiger partial charge in [0.25, 0.3) is 0 Å². The van der Waals surface area contributed by atoms with Crippen molar-refractivity contribution >= 4 is 43.3 Å². The molecular formula is C39H50ClN3O6Si. The number of nitrogens with zero attached hydrogens (tertiary/aromatic N) is 1. The van der Waals surface area contributed by atoms with E-state index >= 15 is 0 Å². The zero-order valence-corrected chi connectivity index (χ0v) is 31.9. The van der Waals surface area contributed by atoms with Gasteiger partial charge in [-0.3, -0.25) is 15.0 Å². The summed E-state index contributed by atoms with van der Waals surface area (Å²) in [7, 11) is 1.78. The number of carbonyl (C=O) groups excluding carboxylic acids is 2. The van der Waals surface area contributed by atoms with Gasteiger partial charge in [-0.15, -0.1) is 0 Å². The van der Waals surface area contributed by atoms with Gasteiger partial charge in [-0.25, -0.2) is 4.79 Å². The van der Waals surface area contributed by atoms with Crippen LogP contribution in [0.2, 0.25) is 23.2 Å². The van der Waals surface area contributed by atoms with Gasteiger partial charge in [-0.05, 0) is 67.3 Å². The van der Waals surface area contributed by atoms with E-state index in [0.717, 1.165) is 35.1 Å². The number of hydrogen-bond donors (Lipinski definition) is 2. The molecule has 5 atom stereocenters. The third kappa shape index (κ3) is 8.05. The smallest absolute Gasteiger partial charge is 0.411 e. The highest BCUT2D eigenvalue weighted by Gasteiger charge is 2.62. The molecule has 2 amide bonds. The Kier molecular flexibility index (Phi) is 10.7. The van der Waals surface area contributed by atoms with Crippen LogP contribution < -0.4 is 15.4 Å². The topological polar surface area (TPSA) is 102 Å². The predicted octanol–water partition coefficient (Wildman–Crippen LogP) is 8.66. The second kappa shape index (κ2) is 14.7. The first kappa shape index (κ1) is 36.4. The first-order valence-electron chi connectivity index (χ1n) is 17.6. The molecule has 0 radical (unpaired) electrons. The highest BCUT2D eigenvalue weighted by atomic mass is 35.5. The number of carbonyl (C=O) groups is 2. The lowest BCUT2D eigenvalue weighted by Crippen LogP contribution is -2.48. The molecule has 0 aliphatic carbocycles. The molecule has 3 aliphatic heterocycles. The van der Waals surface area contributed by atoms with Crippen LogP contribution in [0.1, 0.15) is 57.6 Å². The van der Waals surface area contributed by atoms with Crippen LogP contribution in [0.5, 0.6) is 5.75 Å². The Labute approximate surface area is 302 Å². The lowest BCUT2D eigenvalue weighted by Gasteiger charge is -2.37. The van der Waals surface area contributed by atoms with Gasteiger partial charge in [-0.2, -0.15) is 0 Å². The van der Waals surface area contributed by atoms with Gasteiger partial charge in [0.2, 0.25) is 5.91 Å². The molecule has 3 aromatic carbocycles. The molecular weight excluding hydrogens is 670 g/mol. The molecule has 2 bridgehead atoms. The van der Waals surface area contributed by atoms with Gasteiger partial charge in [0.05, 0.1) is 30.1 Å². The summed E-state index contributed by atoms with van der Waals surface area (Å²) >= 11 is 6.62. The maximum Gasteiger partial charge on any atom is 0.411 e. The number of likely N-dealkylation sites (N-methyl/N-ethyl adjacent to an activating group) is 1. The van der Waals surface area contributed by atoms with Gasteiger partial charge >= 0.3 is 6.09 Å². The molecule has 0 aromatic heterocycles. The van der Waals surface area contributed by atoms with Crippen LogP contribution in [0.4, 0.5) is 16.2 Å². The quantitative estimate of drug-likeness (QED) is 0.143. The predicted molar refractivity (Wildman–Crippen MR) is 201 cm³/mol. The van der Waals surface area contributed by atoms with E-state index < -0.39 is 14.4 Å². The minimum absolute atomic E-state index is 0.0801. The Morgan fingerprint density at radius 3 is 2.34 bits per heavy atom. The Hall–Kier alpha value is -3.41. The maximum absolute atomic E-state index is 13.1. The number of aryl methyl sites for hydroxylation is 1. The molecule has 1 unspecified atom stereocenters. The molecule has 3 saturated heterocycles. The van der Waals surface area contributed by atoms with Gasteiger partial charge in [-0.1, -0.05) is 68.8 Å². The van der Waals surface area contributed by atoms with Crippen molar-refractivity contribution in [3.8, 4) is 16.9 Å². The first-order chi connectivity index (χ1) is 23.7. The average molecular weight is 720 g/mol. The number of halogens is 1. The summed E-state index contributed by atoms with van der Waals surface area (Å²) in [6.07, 6.45) is 3.21. The molecule has 2 N–H and O–H groups in total. The largest absolute Gasteiger partial charge is 0.496 e. The lowest BCUT2D eigenvalue weighted by atomic mass is 9.98. The number of fused-ring (bicyclic) bond motifs is 5. The normalized spacial score (nSPS) is 22.8. The van der Waals surface area contributed by atoms with Crippen LogP contribution >= 0.6 is 11.6 Å². The second-order valence-electron chi connectivity index (χ2n) is 15.3. The van der Waals surface area contributed by atoms with Crippen molar-refractivity contribution in [3.05, 3.63) is 76.8 Å². The van der Waals surface area contributed by atoms with Crippen molar-refractivity contribution in [2.24, 2.45) is 0 Å². The van der Waals surface area contributed by atoms with E-state index in [1.165, 1.54) is 0 Å². The van der Waals surface area contributed by atoms with Crippen molar-refractivity contribution in [2.75, 3.05) is 24.8 Å². The van der Waals surface area contributed by atoms with Gasteiger partial charge < -0.3 is 24.0 Å². The number of ether oxygens (including phenoxy) is 3. The molecule has 6 rings (SSSR count). The Balaban J connectivity index is 1.05. The molecule has 3 aromatic rings. The molecule has 268 valence electrons. The third-order valence-electron chi connectivity index (χ3n) is 11.0. The number of benzene rings is 3. The van der Waals surface area contributed by atoms with Gasteiger partial charge in [0, 0.05) is 48.5 Å². The van der Waals surface area contributed by atoms with Gasteiger partial charge in [0.1, 0.15) is 24.1 Å². The number of morpholine rings is 1. The average Bonchev–Trinajstić information content (AvgIpc) is 3.84. The van der Waals surface area contributed by atoms with Crippen LogP contribution in [0.25, 0.3) is 11.1 Å². The molecule has 9 nitrogen and oxygen atoms in total. The van der Waals surface area contributed by atoms with Crippen LogP contribution in [-0.2, 0) is 31.7 Å². The van der Waals surface area contributed by atoms with Crippen LogP contribution in [0.3, 0.4) is 0 Å². The van der Waals surface area contributed by atoms with Crippen molar-refractivity contribution in [2.45, 2.75) is 108 Å². The summed E-state index contributed by atoms with van der Waals surface area (Å²) in [6, 6.07) is 20.2. The summed E-state index contributed by atoms with van der Waals surface area (Å²) in [5.74, 6) is 0.494. The molecule has 3 fully saturated rings. The number of anilines is 2. The SMILES string of the molecule is COc1cc(NC(=O)CCCc2ccc(NC(=O)OC3C[C@@H]4[C@H]5O[C@H]5[C@H](C3)N4C)c(-c3ccccc3)c2)c(Cl)cc1CO[Si](C)(C)C(C)(C)C. The molecule has 3 aliphatic rings. The number of nitrogens with one attached hydrogen (secondary N) is 2. The summed E-state index contributed by atoms with van der Waals surface area (Å²) < 4.78 is 23.7. The van der Waals surface area contributed by atoms with E-state index in [0.29, 0.717) is 60.1 Å². The minimum atomic E-state index is -1.97. The summed E-state index contributed by atoms with van der Waals surface area (Å²) in [5.41, 5.74) is 4.99. The van der Waals surface area contributed by atoms with Crippen LogP contribution in [0.15, 0.2) is 60.7 Å². The maximum atomic E-state index is 13.1. The minimum Gasteiger partial charge on any atom is -0.496 e. The highest BCUT2D eigenvalue weighted by Crippen LogP contribution is 2.48. The second-order valence-corrected chi connectivity index (χ2v) is 20.5. The number of amides is 2. The Morgan fingerprint density at radius 2 is 1.68 bits per heavy atom. The fourth-order valence-corrected chi connectivity index (χ4v) is 8.12. The monoisotopic (exact) mass is 719 g/mol. The standard InChI is InChI=1S/C39H50ClN3O6Si/c1-39(2,3)50(6,7)47-23-26-19-29(40)31(22-34(26)46-5)41-35(44)15-11-12-24-16-17-30(28(18-24)25-13-9-8-10-14-25)42-38(45)48-27-20-32-36-37(49-36)33(21-27)43(32)4/h8-10,13-14,16-19,22,27,32-33,36-37H,11-12,15,20-21,23H2,1-7H3,(H,41,44)(H,42,45)/t27?,32-,33+,36-,37+. The number of hydrogen-bond acceptors (Lipinski definition) is 7. The highest BCUT2D eigenvalue weighted by molar-refractivity contribution is 6.74. The molecule has 11 heteroatoms. The summed E-state index contributed by atoms with van der Waals surface area (Å²) in [4.78, 5) is 28.5. The Morgan fingerprint density at radius 1 is 0.980 bits per heavy atom. The zero-order valence-electron chi connectivity index (χ0n) is 30.2. The van der Waals surface area contributed by atoms with E-state index in [-0.39, 0.29) is 29.3 Å². The molecule has 0 spiro atoms. The number of epoxide rings is 1. The molecule has 0 saturated carbocycles. The Bertz CT molecular complexity index is 1700. The van der Waals surface area contributed by atoms with Crippen molar-refractivity contribution in [1.82, 2.24) is 4.90 Å². The molecule has 3 heterocycles. The van der Waals surface area contributed by atoms with Gasteiger partial charge in [0.15, 0.2) is 8.32 Å². The number of rotatable bonds is 12. The van der Waals surface area contributed by atoms with E-state index in [9.17, 15) is 9.59 Å². The van der Waals surface area contributed by atoms with Crippen molar-refractivity contribution < 1.29 is 28.2 Å². The van der Waals surface area contributed by atoms with Crippen LogP contribution in [-0.4, -0.2) is 69.8 Å².